The predicted octanol–water partition coefficient (Wildman–Crippen LogP) is 3.72. The van der Waals surface area contributed by atoms with Crippen LogP contribution in [0.5, 0.6) is 0 Å². The summed E-state index contributed by atoms with van der Waals surface area (Å²) in [5.74, 6) is -1.41. The number of nitrogens with one attached hydrogen (secondary N) is 1. The van der Waals surface area contributed by atoms with E-state index in [1.54, 1.807) is 18.2 Å². The van der Waals surface area contributed by atoms with Crippen LogP contribution < -0.4 is 5.32 Å². The van der Waals surface area contributed by atoms with Crippen molar-refractivity contribution in [2.45, 2.75) is 25.7 Å². The third kappa shape index (κ3) is 3.98. The van der Waals surface area contributed by atoms with Gasteiger partial charge < -0.3 is 10.4 Å². The molecule has 1 aromatic carbocycles. The number of hydrogen-bond acceptors (Lipinski definition) is 2. The van der Waals surface area contributed by atoms with Crippen molar-refractivity contribution in [1.82, 2.24) is 5.32 Å². The van der Waals surface area contributed by atoms with Gasteiger partial charge in [-0.25, -0.2) is 0 Å². The molecule has 0 aliphatic heterocycles. The second-order valence-electron chi connectivity index (χ2n) is 5.30. The maximum atomic E-state index is 12.2. The van der Waals surface area contributed by atoms with E-state index in [9.17, 15) is 14.7 Å². The molecule has 0 saturated heterocycles. The maximum absolute atomic E-state index is 12.2. The monoisotopic (exact) mass is 373 g/mol. The van der Waals surface area contributed by atoms with Crippen molar-refractivity contribution < 1.29 is 14.7 Å². The van der Waals surface area contributed by atoms with Gasteiger partial charge in [0.25, 0.3) is 5.91 Å². The minimum absolute atomic E-state index is 0.00821. The van der Waals surface area contributed by atoms with E-state index in [0.717, 1.165) is 19.3 Å². The summed E-state index contributed by atoms with van der Waals surface area (Å²) in [5.41, 5.74) is 0.397. The van der Waals surface area contributed by atoms with Crippen LogP contribution in [-0.2, 0) is 4.79 Å². The highest BCUT2D eigenvalue weighted by molar-refractivity contribution is 9.10. The SMILES string of the molecule is O=C(NCC1CCCCC1C(=O)O)c1cccc(Br)c1Cl. The van der Waals surface area contributed by atoms with E-state index in [1.807, 2.05) is 0 Å². The molecule has 1 saturated carbocycles. The summed E-state index contributed by atoms with van der Waals surface area (Å²) < 4.78 is 0.665. The molecule has 0 heterocycles. The summed E-state index contributed by atoms with van der Waals surface area (Å²) in [7, 11) is 0. The predicted molar refractivity (Wildman–Crippen MR) is 84.6 cm³/mol. The molecule has 1 fully saturated rings. The van der Waals surface area contributed by atoms with Crippen molar-refractivity contribution in [1.29, 1.82) is 0 Å². The molecule has 4 nitrogen and oxygen atoms in total. The molecule has 0 aromatic heterocycles. The molecule has 0 bridgehead atoms. The standard InChI is InChI=1S/C15H17BrClNO3/c16-12-7-3-6-11(13(12)17)14(19)18-8-9-4-1-2-5-10(9)15(20)21/h3,6-7,9-10H,1-2,4-5,8H2,(H,18,19)(H,20,21). The number of hydrogen-bond donors (Lipinski definition) is 2. The van der Waals surface area contributed by atoms with Crippen LogP contribution in [0.4, 0.5) is 0 Å². The van der Waals surface area contributed by atoms with Gasteiger partial charge in [0.05, 0.1) is 16.5 Å². The van der Waals surface area contributed by atoms with Gasteiger partial charge in [-0.15, -0.1) is 0 Å². The molecular formula is C15H17BrClNO3. The normalized spacial score (nSPS) is 21.8. The lowest BCUT2D eigenvalue weighted by atomic mass is 9.79. The van der Waals surface area contributed by atoms with Gasteiger partial charge in [0.2, 0.25) is 0 Å². The van der Waals surface area contributed by atoms with Crippen molar-refractivity contribution in [3.05, 3.63) is 33.3 Å². The Morgan fingerprint density at radius 2 is 2.05 bits per heavy atom. The second kappa shape index (κ2) is 7.27. The van der Waals surface area contributed by atoms with Gasteiger partial charge in [0.1, 0.15) is 0 Å². The summed E-state index contributed by atoms with van der Waals surface area (Å²) in [5, 5.41) is 12.4. The van der Waals surface area contributed by atoms with Crippen molar-refractivity contribution in [3.8, 4) is 0 Å². The first-order valence-electron chi connectivity index (χ1n) is 6.95. The fraction of sp³-hybridized carbons (Fsp3) is 0.467. The highest BCUT2D eigenvalue weighted by Gasteiger charge is 2.31. The molecule has 1 aliphatic rings. The summed E-state index contributed by atoms with van der Waals surface area (Å²) in [6.45, 7) is 0.374. The molecule has 2 atom stereocenters. The van der Waals surface area contributed by atoms with Crippen LogP contribution >= 0.6 is 27.5 Å². The smallest absolute Gasteiger partial charge is 0.306 e. The lowest BCUT2D eigenvalue weighted by molar-refractivity contribution is -0.144. The molecule has 0 spiro atoms. The summed E-state index contributed by atoms with van der Waals surface area (Å²) >= 11 is 9.37. The van der Waals surface area contributed by atoms with Crippen LogP contribution in [0.15, 0.2) is 22.7 Å². The minimum atomic E-state index is -0.769. The van der Waals surface area contributed by atoms with E-state index in [4.69, 9.17) is 11.6 Å². The Kier molecular flexibility index (Phi) is 5.65. The van der Waals surface area contributed by atoms with Gasteiger partial charge in [0, 0.05) is 11.0 Å². The Bertz CT molecular complexity index is 550. The molecular weight excluding hydrogens is 358 g/mol. The maximum Gasteiger partial charge on any atom is 0.306 e. The first-order chi connectivity index (χ1) is 10.0. The Balaban J connectivity index is 2.00. The second-order valence-corrected chi connectivity index (χ2v) is 6.53. The van der Waals surface area contributed by atoms with E-state index < -0.39 is 5.97 Å². The molecule has 0 radical (unpaired) electrons. The van der Waals surface area contributed by atoms with E-state index >= 15 is 0 Å². The number of halogens is 2. The number of amides is 1. The molecule has 1 amide bonds. The van der Waals surface area contributed by atoms with Crippen LogP contribution in [0.1, 0.15) is 36.0 Å². The number of rotatable bonds is 4. The average molecular weight is 375 g/mol. The molecule has 2 unspecified atom stereocenters. The van der Waals surface area contributed by atoms with Gasteiger partial charge in [-0.1, -0.05) is 30.5 Å². The van der Waals surface area contributed by atoms with Crippen LogP contribution in [0.3, 0.4) is 0 Å². The van der Waals surface area contributed by atoms with Crippen LogP contribution in [0.2, 0.25) is 5.02 Å². The molecule has 2 rings (SSSR count). The number of carboxylic acid groups (broad SMARTS) is 1. The van der Waals surface area contributed by atoms with Crippen molar-refractivity contribution in [2.75, 3.05) is 6.54 Å². The molecule has 2 N–H and O–H groups in total. The quantitative estimate of drug-likeness (QED) is 0.844. The number of carboxylic acids is 1. The molecule has 1 aliphatic carbocycles. The highest BCUT2D eigenvalue weighted by atomic mass is 79.9. The zero-order valence-corrected chi connectivity index (χ0v) is 13.8. The van der Waals surface area contributed by atoms with Crippen LogP contribution in [-0.4, -0.2) is 23.5 Å². The van der Waals surface area contributed by atoms with Crippen molar-refractivity contribution >= 4 is 39.4 Å². The Hall–Kier alpha value is -1.07. The van der Waals surface area contributed by atoms with Crippen molar-refractivity contribution in [2.24, 2.45) is 11.8 Å². The van der Waals surface area contributed by atoms with Gasteiger partial charge >= 0.3 is 5.97 Å². The number of carbonyl (C=O) groups is 2. The van der Waals surface area contributed by atoms with Gasteiger partial charge in [-0.05, 0) is 46.8 Å². The summed E-state index contributed by atoms with van der Waals surface area (Å²) in [6.07, 6.45) is 3.48. The Labute approximate surface area is 137 Å². The summed E-state index contributed by atoms with van der Waals surface area (Å²) in [6, 6.07) is 5.16. The summed E-state index contributed by atoms with van der Waals surface area (Å²) in [4.78, 5) is 23.4. The fourth-order valence-corrected chi connectivity index (χ4v) is 3.35. The van der Waals surface area contributed by atoms with Crippen molar-refractivity contribution in [3.63, 3.8) is 0 Å². The molecule has 114 valence electrons. The van der Waals surface area contributed by atoms with E-state index in [1.165, 1.54) is 0 Å². The number of benzene rings is 1. The lowest BCUT2D eigenvalue weighted by Crippen LogP contribution is -2.37. The van der Waals surface area contributed by atoms with E-state index in [0.29, 0.717) is 28.0 Å². The van der Waals surface area contributed by atoms with Gasteiger partial charge in [-0.2, -0.15) is 0 Å². The first-order valence-corrected chi connectivity index (χ1v) is 8.13. The Morgan fingerprint density at radius 1 is 1.33 bits per heavy atom. The third-order valence-corrected chi connectivity index (χ3v) is 5.24. The van der Waals surface area contributed by atoms with Gasteiger partial charge in [0.15, 0.2) is 0 Å². The molecule has 6 heteroatoms. The highest BCUT2D eigenvalue weighted by Crippen LogP contribution is 2.30. The minimum Gasteiger partial charge on any atom is -0.481 e. The Morgan fingerprint density at radius 3 is 2.76 bits per heavy atom. The third-order valence-electron chi connectivity index (χ3n) is 3.95. The molecule has 1 aromatic rings. The number of carbonyl (C=O) groups excluding carboxylic acids is 1. The average Bonchev–Trinajstić information content (AvgIpc) is 2.47. The zero-order valence-electron chi connectivity index (χ0n) is 11.4. The number of aliphatic carboxylic acids is 1. The van der Waals surface area contributed by atoms with E-state index in [-0.39, 0.29) is 17.7 Å². The first kappa shape index (κ1) is 16.3. The largest absolute Gasteiger partial charge is 0.481 e. The topological polar surface area (TPSA) is 66.4 Å². The zero-order chi connectivity index (χ0) is 15.4. The lowest BCUT2D eigenvalue weighted by Gasteiger charge is -2.28. The van der Waals surface area contributed by atoms with E-state index in [2.05, 4.69) is 21.2 Å². The van der Waals surface area contributed by atoms with Crippen LogP contribution in [0, 0.1) is 11.8 Å². The fourth-order valence-electron chi connectivity index (χ4n) is 2.78. The molecule has 21 heavy (non-hydrogen) atoms. The van der Waals surface area contributed by atoms with Crippen LogP contribution in [0.25, 0.3) is 0 Å². The van der Waals surface area contributed by atoms with Gasteiger partial charge in [-0.3, -0.25) is 9.59 Å².